The van der Waals surface area contributed by atoms with Gasteiger partial charge in [-0.1, -0.05) is 37.3 Å². The molecule has 0 radical (unpaired) electrons. The highest BCUT2D eigenvalue weighted by atomic mass is 16.5. The van der Waals surface area contributed by atoms with E-state index in [2.05, 4.69) is 19.6 Å². The van der Waals surface area contributed by atoms with Gasteiger partial charge in [0.25, 0.3) is 0 Å². The number of ether oxygens (including phenoxy) is 1. The maximum Gasteiger partial charge on any atom is 0.338 e. The van der Waals surface area contributed by atoms with Crippen LogP contribution in [0.15, 0.2) is 42.5 Å². The molecule has 0 aromatic heterocycles. The van der Waals surface area contributed by atoms with Gasteiger partial charge < -0.3 is 4.74 Å². The van der Waals surface area contributed by atoms with Gasteiger partial charge in [-0.05, 0) is 92.6 Å². The van der Waals surface area contributed by atoms with Crippen LogP contribution in [-0.2, 0) is 4.74 Å². The number of carbonyl (C=O) groups is 1. The minimum Gasteiger partial charge on any atom is -0.459 e. The number of rotatable bonds is 4. The second-order valence-corrected chi connectivity index (χ2v) is 9.72. The maximum absolute atomic E-state index is 12.5. The van der Waals surface area contributed by atoms with Crippen LogP contribution in [0.5, 0.6) is 0 Å². The smallest absolute Gasteiger partial charge is 0.338 e. The lowest BCUT2D eigenvalue weighted by Crippen LogP contribution is -2.51. The SMILES string of the molecule is C=C1CC[C@H]2[C@@H](CC[C@H]3C[C@H](OC(=O)c4ccccc4)CC[C@@]32C)[C@@H]1CCC#N. The van der Waals surface area contributed by atoms with Gasteiger partial charge >= 0.3 is 5.97 Å². The summed E-state index contributed by atoms with van der Waals surface area (Å²) in [5, 5.41) is 9.08. The van der Waals surface area contributed by atoms with Crippen LogP contribution in [-0.4, -0.2) is 12.1 Å². The average molecular weight is 392 g/mol. The summed E-state index contributed by atoms with van der Waals surface area (Å²) >= 11 is 0. The first-order valence-corrected chi connectivity index (χ1v) is 11.3. The van der Waals surface area contributed by atoms with Crippen molar-refractivity contribution in [3.63, 3.8) is 0 Å². The molecule has 3 aliphatic carbocycles. The molecular weight excluding hydrogens is 358 g/mol. The van der Waals surface area contributed by atoms with E-state index < -0.39 is 0 Å². The lowest BCUT2D eigenvalue weighted by molar-refractivity contribution is -0.0944. The summed E-state index contributed by atoms with van der Waals surface area (Å²) in [7, 11) is 0. The predicted molar refractivity (Wildman–Crippen MR) is 114 cm³/mol. The van der Waals surface area contributed by atoms with Crippen LogP contribution < -0.4 is 0 Å². The largest absolute Gasteiger partial charge is 0.459 e. The van der Waals surface area contributed by atoms with E-state index in [9.17, 15) is 4.79 Å². The average Bonchev–Trinajstić information content (AvgIpc) is 2.73. The fourth-order valence-electron chi connectivity index (χ4n) is 6.79. The quantitative estimate of drug-likeness (QED) is 0.446. The highest BCUT2D eigenvalue weighted by Gasteiger charge is 2.53. The molecule has 3 heteroatoms. The van der Waals surface area contributed by atoms with Crippen LogP contribution in [0.4, 0.5) is 0 Å². The van der Waals surface area contributed by atoms with E-state index in [0.717, 1.165) is 38.0 Å². The summed E-state index contributed by atoms with van der Waals surface area (Å²) in [6.07, 6.45) is 9.60. The lowest BCUT2D eigenvalue weighted by atomic mass is 9.47. The summed E-state index contributed by atoms with van der Waals surface area (Å²) in [6.45, 7) is 6.87. The Labute approximate surface area is 175 Å². The van der Waals surface area contributed by atoms with Gasteiger partial charge in [-0.15, -0.1) is 0 Å². The second-order valence-electron chi connectivity index (χ2n) is 9.72. The molecular formula is C26H33NO2. The van der Waals surface area contributed by atoms with E-state index in [-0.39, 0.29) is 12.1 Å². The third-order valence-corrected chi connectivity index (χ3v) is 8.37. The number of benzene rings is 1. The van der Waals surface area contributed by atoms with Crippen molar-refractivity contribution in [1.82, 2.24) is 0 Å². The van der Waals surface area contributed by atoms with Crippen molar-refractivity contribution < 1.29 is 9.53 Å². The number of nitrogens with zero attached hydrogens (tertiary/aromatic N) is 1. The molecule has 1 aromatic carbocycles. The topological polar surface area (TPSA) is 50.1 Å². The van der Waals surface area contributed by atoms with E-state index in [4.69, 9.17) is 10.00 Å². The molecule has 0 bridgehead atoms. The molecule has 3 saturated carbocycles. The number of hydrogen-bond acceptors (Lipinski definition) is 3. The molecule has 154 valence electrons. The number of allylic oxidation sites excluding steroid dienone is 1. The van der Waals surface area contributed by atoms with Crippen molar-refractivity contribution in [2.45, 2.75) is 70.8 Å². The Morgan fingerprint density at radius 2 is 2.03 bits per heavy atom. The molecule has 3 nitrogen and oxygen atoms in total. The molecule has 0 aliphatic heterocycles. The zero-order chi connectivity index (χ0) is 20.4. The number of carbonyl (C=O) groups excluding carboxylic acids is 1. The van der Waals surface area contributed by atoms with E-state index in [1.165, 1.54) is 24.8 Å². The standard InChI is InChI=1S/C26H33NO2/c1-18-10-13-24-23(22(18)9-6-16-27)12-11-20-17-21(14-15-26(20,24)2)29-25(28)19-7-4-3-5-8-19/h3-5,7-8,20-24H,1,6,9-15,17H2,2H3/t20-,21+,22+,23-,24-,26-/m0/s1. The molecule has 0 amide bonds. The number of hydrogen-bond donors (Lipinski definition) is 0. The monoisotopic (exact) mass is 391 g/mol. The molecule has 0 heterocycles. The Morgan fingerprint density at radius 1 is 1.24 bits per heavy atom. The summed E-state index contributed by atoms with van der Waals surface area (Å²) in [6, 6.07) is 11.7. The number of esters is 1. The fraction of sp³-hybridized carbons (Fsp3) is 0.615. The van der Waals surface area contributed by atoms with Crippen molar-refractivity contribution in [2.24, 2.45) is 29.1 Å². The predicted octanol–water partition coefficient (Wildman–Crippen LogP) is 6.31. The van der Waals surface area contributed by atoms with Gasteiger partial charge in [0.2, 0.25) is 0 Å². The molecule has 6 atom stereocenters. The van der Waals surface area contributed by atoms with Crippen molar-refractivity contribution in [1.29, 1.82) is 5.26 Å². The first-order valence-electron chi connectivity index (χ1n) is 11.3. The normalized spacial score (nSPS) is 36.4. The molecule has 4 rings (SSSR count). The van der Waals surface area contributed by atoms with E-state index >= 15 is 0 Å². The number of fused-ring (bicyclic) bond motifs is 3. The Balaban J connectivity index is 1.43. The van der Waals surface area contributed by atoms with Gasteiger partial charge in [-0.2, -0.15) is 5.26 Å². The highest BCUT2D eigenvalue weighted by Crippen LogP contribution is 2.61. The van der Waals surface area contributed by atoms with Crippen molar-refractivity contribution in [3.05, 3.63) is 48.0 Å². The van der Waals surface area contributed by atoms with Crippen LogP contribution >= 0.6 is 0 Å². The zero-order valence-electron chi connectivity index (χ0n) is 17.6. The Hall–Kier alpha value is -2.08. The first-order chi connectivity index (χ1) is 14.0. The third kappa shape index (κ3) is 3.87. The van der Waals surface area contributed by atoms with E-state index in [1.807, 2.05) is 30.3 Å². The zero-order valence-corrected chi connectivity index (χ0v) is 17.6. The Morgan fingerprint density at radius 3 is 2.79 bits per heavy atom. The van der Waals surface area contributed by atoms with Gasteiger partial charge in [0.1, 0.15) is 6.10 Å². The minimum absolute atomic E-state index is 0.0465. The van der Waals surface area contributed by atoms with Gasteiger partial charge in [0.15, 0.2) is 0 Å². The first kappa shape index (κ1) is 20.2. The third-order valence-electron chi connectivity index (χ3n) is 8.37. The van der Waals surface area contributed by atoms with Crippen LogP contribution in [0.1, 0.15) is 75.1 Å². The van der Waals surface area contributed by atoms with Crippen molar-refractivity contribution >= 4 is 5.97 Å². The van der Waals surface area contributed by atoms with Crippen LogP contribution in [0.2, 0.25) is 0 Å². The fourth-order valence-corrected chi connectivity index (χ4v) is 6.79. The van der Waals surface area contributed by atoms with E-state index in [0.29, 0.717) is 35.2 Å². The summed E-state index contributed by atoms with van der Waals surface area (Å²) in [4.78, 5) is 12.5. The molecule has 29 heavy (non-hydrogen) atoms. The molecule has 0 N–H and O–H groups in total. The van der Waals surface area contributed by atoms with Gasteiger partial charge in [-0.3, -0.25) is 0 Å². The van der Waals surface area contributed by atoms with Gasteiger partial charge in [-0.25, -0.2) is 4.79 Å². The Bertz CT molecular complexity index is 795. The van der Waals surface area contributed by atoms with Crippen LogP contribution in [0.25, 0.3) is 0 Å². The van der Waals surface area contributed by atoms with E-state index in [1.54, 1.807) is 0 Å². The summed E-state index contributed by atoms with van der Waals surface area (Å²) < 4.78 is 5.91. The summed E-state index contributed by atoms with van der Waals surface area (Å²) in [5.41, 5.74) is 2.37. The maximum atomic E-state index is 12.5. The molecule has 0 spiro atoms. The molecule has 3 aliphatic rings. The second kappa shape index (κ2) is 8.34. The summed E-state index contributed by atoms with van der Waals surface area (Å²) in [5.74, 6) is 2.39. The minimum atomic E-state index is -0.182. The van der Waals surface area contributed by atoms with Gasteiger partial charge in [0.05, 0.1) is 11.6 Å². The molecule has 1 aromatic rings. The lowest BCUT2D eigenvalue weighted by Gasteiger charge is -2.58. The van der Waals surface area contributed by atoms with Crippen LogP contribution in [0.3, 0.4) is 0 Å². The van der Waals surface area contributed by atoms with Gasteiger partial charge in [0, 0.05) is 6.42 Å². The molecule has 0 unspecified atom stereocenters. The van der Waals surface area contributed by atoms with Crippen molar-refractivity contribution in [3.8, 4) is 6.07 Å². The highest BCUT2D eigenvalue weighted by molar-refractivity contribution is 5.89. The van der Waals surface area contributed by atoms with Crippen molar-refractivity contribution in [2.75, 3.05) is 0 Å². The number of nitriles is 1. The molecule has 0 saturated heterocycles. The van der Waals surface area contributed by atoms with Crippen LogP contribution in [0, 0.1) is 40.4 Å². The molecule has 3 fully saturated rings. The Kier molecular flexibility index (Phi) is 5.81.